The standard InChI is InChI=1S/C17H17ClN2O4/c1-2-22-14-6-4-12(8-13(14)18)20-17(21)19-9-11-3-5-15-16(7-11)24-10-23-15/h3-8H,2,9-10H2,1H3,(H2,19,20,21). The van der Waals surface area contributed by atoms with Crippen molar-refractivity contribution in [2.45, 2.75) is 13.5 Å². The van der Waals surface area contributed by atoms with E-state index in [0.717, 1.165) is 5.56 Å². The molecule has 24 heavy (non-hydrogen) atoms. The van der Waals surface area contributed by atoms with E-state index in [0.29, 0.717) is 41.1 Å². The van der Waals surface area contributed by atoms with Gasteiger partial charge in [-0.1, -0.05) is 17.7 Å². The Balaban J connectivity index is 1.55. The SMILES string of the molecule is CCOc1ccc(NC(=O)NCc2ccc3c(c2)OCO3)cc1Cl. The second-order valence-electron chi connectivity index (χ2n) is 5.07. The minimum atomic E-state index is -0.326. The number of anilines is 1. The molecule has 1 heterocycles. The van der Waals surface area contributed by atoms with E-state index in [2.05, 4.69) is 10.6 Å². The average Bonchev–Trinajstić information content (AvgIpc) is 3.03. The molecule has 2 amide bonds. The minimum absolute atomic E-state index is 0.227. The molecule has 3 rings (SSSR count). The zero-order chi connectivity index (χ0) is 16.9. The van der Waals surface area contributed by atoms with E-state index >= 15 is 0 Å². The molecule has 0 saturated carbocycles. The van der Waals surface area contributed by atoms with Crippen molar-refractivity contribution in [2.24, 2.45) is 0 Å². The minimum Gasteiger partial charge on any atom is -0.492 e. The number of halogens is 1. The third kappa shape index (κ3) is 3.83. The van der Waals surface area contributed by atoms with Gasteiger partial charge in [-0.05, 0) is 42.8 Å². The number of urea groups is 1. The Hall–Kier alpha value is -2.60. The summed E-state index contributed by atoms with van der Waals surface area (Å²) in [6, 6.07) is 10.3. The second-order valence-corrected chi connectivity index (χ2v) is 5.48. The number of hydrogen-bond acceptors (Lipinski definition) is 4. The van der Waals surface area contributed by atoms with Gasteiger partial charge in [0.2, 0.25) is 6.79 Å². The number of nitrogens with one attached hydrogen (secondary N) is 2. The molecule has 0 unspecified atom stereocenters. The molecule has 0 radical (unpaired) electrons. The van der Waals surface area contributed by atoms with Crippen LogP contribution in [0.5, 0.6) is 17.2 Å². The van der Waals surface area contributed by atoms with Gasteiger partial charge in [0.1, 0.15) is 5.75 Å². The molecule has 0 saturated heterocycles. The second kappa shape index (κ2) is 7.31. The third-order valence-electron chi connectivity index (χ3n) is 3.38. The average molecular weight is 349 g/mol. The molecular formula is C17H17ClN2O4. The van der Waals surface area contributed by atoms with Crippen LogP contribution in [-0.4, -0.2) is 19.4 Å². The van der Waals surface area contributed by atoms with Gasteiger partial charge >= 0.3 is 6.03 Å². The molecule has 6 nitrogen and oxygen atoms in total. The van der Waals surface area contributed by atoms with Crippen molar-refractivity contribution in [3.63, 3.8) is 0 Å². The van der Waals surface area contributed by atoms with Crippen molar-refractivity contribution in [1.82, 2.24) is 5.32 Å². The lowest BCUT2D eigenvalue weighted by Crippen LogP contribution is -2.28. The highest BCUT2D eigenvalue weighted by Crippen LogP contribution is 2.32. The van der Waals surface area contributed by atoms with Gasteiger partial charge in [0.15, 0.2) is 11.5 Å². The summed E-state index contributed by atoms with van der Waals surface area (Å²) >= 11 is 6.10. The Morgan fingerprint density at radius 1 is 1.21 bits per heavy atom. The predicted molar refractivity (Wildman–Crippen MR) is 91.0 cm³/mol. The number of carbonyl (C=O) groups excluding carboxylic acids is 1. The summed E-state index contributed by atoms with van der Waals surface area (Å²) in [5, 5.41) is 5.96. The van der Waals surface area contributed by atoms with Crippen LogP contribution < -0.4 is 24.8 Å². The molecule has 0 atom stereocenters. The van der Waals surface area contributed by atoms with Crippen LogP contribution in [0.25, 0.3) is 0 Å². The van der Waals surface area contributed by atoms with Gasteiger partial charge in [-0.3, -0.25) is 0 Å². The van der Waals surface area contributed by atoms with E-state index in [-0.39, 0.29) is 12.8 Å². The lowest BCUT2D eigenvalue weighted by Gasteiger charge is -2.10. The lowest BCUT2D eigenvalue weighted by molar-refractivity contribution is 0.174. The molecule has 2 N–H and O–H groups in total. The van der Waals surface area contributed by atoms with E-state index in [1.165, 1.54) is 0 Å². The number of fused-ring (bicyclic) bond motifs is 1. The van der Waals surface area contributed by atoms with Crippen molar-refractivity contribution < 1.29 is 19.0 Å². The van der Waals surface area contributed by atoms with Crippen LogP contribution in [0.2, 0.25) is 5.02 Å². The van der Waals surface area contributed by atoms with Gasteiger partial charge in [-0.25, -0.2) is 4.79 Å². The maximum Gasteiger partial charge on any atom is 0.319 e. The van der Waals surface area contributed by atoms with Crippen LogP contribution in [0.15, 0.2) is 36.4 Å². The highest BCUT2D eigenvalue weighted by Gasteiger charge is 2.13. The van der Waals surface area contributed by atoms with Gasteiger partial charge in [0, 0.05) is 12.2 Å². The smallest absolute Gasteiger partial charge is 0.319 e. The molecule has 0 fully saturated rings. The molecular weight excluding hydrogens is 332 g/mol. The maximum absolute atomic E-state index is 12.0. The van der Waals surface area contributed by atoms with Crippen LogP contribution in [0.4, 0.5) is 10.5 Å². The van der Waals surface area contributed by atoms with Gasteiger partial charge in [0.05, 0.1) is 11.6 Å². The molecule has 0 aliphatic carbocycles. The Labute approximate surface area is 144 Å². The Kier molecular flexibility index (Phi) is 4.96. The molecule has 0 spiro atoms. The number of hydrogen-bond donors (Lipinski definition) is 2. The van der Waals surface area contributed by atoms with E-state index in [1.807, 2.05) is 25.1 Å². The summed E-state index contributed by atoms with van der Waals surface area (Å²) in [5.74, 6) is 1.99. The molecule has 0 aromatic heterocycles. The van der Waals surface area contributed by atoms with Crippen LogP contribution in [0, 0.1) is 0 Å². The highest BCUT2D eigenvalue weighted by atomic mass is 35.5. The largest absolute Gasteiger partial charge is 0.492 e. The summed E-state index contributed by atoms with van der Waals surface area (Å²) in [5.41, 5.74) is 1.51. The van der Waals surface area contributed by atoms with Crippen LogP contribution in [0.1, 0.15) is 12.5 Å². The molecule has 126 valence electrons. The molecule has 0 bridgehead atoms. The fourth-order valence-electron chi connectivity index (χ4n) is 2.26. The summed E-state index contributed by atoms with van der Waals surface area (Å²) in [6.07, 6.45) is 0. The summed E-state index contributed by atoms with van der Waals surface area (Å²) in [6.45, 7) is 3.01. The van der Waals surface area contributed by atoms with Crippen molar-refractivity contribution in [3.8, 4) is 17.2 Å². The summed E-state index contributed by atoms with van der Waals surface area (Å²) in [4.78, 5) is 12.0. The Morgan fingerprint density at radius 3 is 2.83 bits per heavy atom. The first-order valence-electron chi connectivity index (χ1n) is 7.51. The van der Waals surface area contributed by atoms with Crippen molar-refractivity contribution in [1.29, 1.82) is 0 Å². The first-order chi connectivity index (χ1) is 11.7. The summed E-state index contributed by atoms with van der Waals surface area (Å²) in [7, 11) is 0. The fraction of sp³-hybridized carbons (Fsp3) is 0.235. The predicted octanol–water partition coefficient (Wildman–Crippen LogP) is 3.79. The summed E-state index contributed by atoms with van der Waals surface area (Å²) < 4.78 is 15.9. The topological polar surface area (TPSA) is 68.8 Å². The number of carbonyl (C=O) groups is 1. The number of rotatable bonds is 5. The van der Waals surface area contributed by atoms with Gasteiger partial charge in [-0.15, -0.1) is 0 Å². The van der Waals surface area contributed by atoms with Crippen molar-refractivity contribution >= 4 is 23.3 Å². The van der Waals surface area contributed by atoms with Gasteiger partial charge in [-0.2, -0.15) is 0 Å². The fourth-order valence-corrected chi connectivity index (χ4v) is 2.49. The highest BCUT2D eigenvalue weighted by molar-refractivity contribution is 6.32. The maximum atomic E-state index is 12.0. The molecule has 1 aliphatic rings. The van der Waals surface area contributed by atoms with Gasteiger partial charge < -0.3 is 24.8 Å². The number of benzene rings is 2. The van der Waals surface area contributed by atoms with E-state index < -0.39 is 0 Å². The first-order valence-corrected chi connectivity index (χ1v) is 7.89. The van der Waals surface area contributed by atoms with E-state index in [1.54, 1.807) is 18.2 Å². The Bertz CT molecular complexity index is 751. The molecule has 7 heteroatoms. The molecule has 2 aromatic carbocycles. The first kappa shape index (κ1) is 16.3. The quantitative estimate of drug-likeness (QED) is 0.862. The molecule has 2 aromatic rings. The van der Waals surface area contributed by atoms with Crippen LogP contribution >= 0.6 is 11.6 Å². The Morgan fingerprint density at radius 2 is 2.04 bits per heavy atom. The van der Waals surface area contributed by atoms with Crippen molar-refractivity contribution in [2.75, 3.05) is 18.7 Å². The van der Waals surface area contributed by atoms with Crippen LogP contribution in [0.3, 0.4) is 0 Å². The van der Waals surface area contributed by atoms with E-state index in [4.69, 9.17) is 25.8 Å². The van der Waals surface area contributed by atoms with Gasteiger partial charge in [0.25, 0.3) is 0 Å². The normalized spacial score (nSPS) is 11.9. The number of amides is 2. The van der Waals surface area contributed by atoms with Crippen LogP contribution in [-0.2, 0) is 6.54 Å². The zero-order valence-electron chi connectivity index (χ0n) is 13.1. The molecule has 1 aliphatic heterocycles. The third-order valence-corrected chi connectivity index (χ3v) is 3.68. The number of ether oxygens (including phenoxy) is 3. The van der Waals surface area contributed by atoms with E-state index in [9.17, 15) is 4.79 Å². The lowest BCUT2D eigenvalue weighted by atomic mass is 10.2. The monoisotopic (exact) mass is 348 g/mol. The zero-order valence-corrected chi connectivity index (χ0v) is 13.9. The van der Waals surface area contributed by atoms with Crippen molar-refractivity contribution in [3.05, 3.63) is 47.0 Å².